The molecule has 174 valence electrons. The summed E-state index contributed by atoms with van der Waals surface area (Å²) in [5.74, 6) is 1.28. The first-order chi connectivity index (χ1) is 16.5. The second kappa shape index (κ2) is 9.79. The van der Waals surface area contributed by atoms with Crippen molar-refractivity contribution in [2.75, 3.05) is 13.2 Å². The van der Waals surface area contributed by atoms with Crippen molar-refractivity contribution in [2.24, 2.45) is 11.3 Å². The van der Waals surface area contributed by atoms with E-state index < -0.39 is 5.41 Å². The minimum absolute atomic E-state index is 0.0690. The van der Waals surface area contributed by atoms with Gasteiger partial charge in [0, 0.05) is 11.8 Å². The molecule has 1 heterocycles. The summed E-state index contributed by atoms with van der Waals surface area (Å²) in [6, 6.07) is 27.3. The van der Waals surface area contributed by atoms with E-state index in [4.69, 9.17) is 9.47 Å². The summed E-state index contributed by atoms with van der Waals surface area (Å²) in [4.78, 5) is 12.6. The Kier molecular flexibility index (Phi) is 6.60. The summed E-state index contributed by atoms with van der Waals surface area (Å²) < 4.78 is 12.5. The standard InChI is InChI=1S/C30H29BrO3/c1-21-16-25-20-34-29(32)30(25,18-21)19-22-12-13-28(27(31)17-22)33-15-14-26(23-8-4-2-5-9-23)24-10-6-3-7-11-24/h2-13,17,25-26H,1,14-16,18-20H2. The highest BCUT2D eigenvalue weighted by molar-refractivity contribution is 9.10. The second-order valence-electron chi connectivity index (χ2n) is 9.54. The lowest BCUT2D eigenvalue weighted by Crippen LogP contribution is -2.31. The molecule has 0 spiro atoms. The molecular formula is C30H29BrO3. The van der Waals surface area contributed by atoms with E-state index in [1.54, 1.807) is 0 Å². The van der Waals surface area contributed by atoms with E-state index in [0.717, 1.165) is 40.6 Å². The smallest absolute Gasteiger partial charge is 0.313 e. The van der Waals surface area contributed by atoms with Gasteiger partial charge in [0.15, 0.2) is 0 Å². The number of fused-ring (bicyclic) bond motifs is 1. The van der Waals surface area contributed by atoms with Gasteiger partial charge in [0.05, 0.1) is 23.1 Å². The van der Waals surface area contributed by atoms with Crippen LogP contribution in [0, 0.1) is 11.3 Å². The maximum atomic E-state index is 12.6. The Hall–Kier alpha value is -2.85. The Morgan fingerprint density at radius 3 is 2.35 bits per heavy atom. The number of rotatable bonds is 8. The third-order valence-corrected chi connectivity index (χ3v) is 7.91. The zero-order valence-corrected chi connectivity index (χ0v) is 20.8. The highest BCUT2D eigenvalue weighted by Gasteiger charge is 2.55. The molecule has 3 nitrogen and oxygen atoms in total. The molecular weight excluding hydrogens is 488 g/mol. The van der Waals surface area contributed by atoms with Gasteiger partial charge >= 0.3 is 5.97 Å². The molecule has 1 saturated heterocycles. The monoisotopic (exact) mass is 516 g/mol. The average molecular weight is 517 g/mol. The van der Waals surface area contributed by atoms with E-state index in [1.165, 1.54) is 11.1 Å². The van der Waals surface area contributed by atoms with Gasteiger partial charge in [-0.1, -0.05) is 78.9 Å². The first-order valence-electron chi connectivity index (χ1n) is 11.9. The Morgan fingerprint density at radius 1 is 1.03 bits per heavy atom. The average Bonchev–Trinajstić information content (AvgIpc) is 3.32. The molecule has 0 bridgehead atoms. The van der Waals surface area contributed by atoms with Gasteiger partial charge in [-0.05, 0) is 70.4 Å². The number of halogens is 1. The van der Waals surface area contributed by atoms with E-state index in [0.29, 0.717) is 19.6 Å². The Bertz CT molecular complexity index is 1130. The van der Waals surface area contributed by atoms with Crippen LogP contribution in [0.1, 0.15) is 41.9 Å². The number of benzene rings is 3. The minimum Gasteiger partial charge on any atom is -0.492 e. The van der Waals surface area contributed by atoms with Crippen molar-refractivity contribution < 1.29 is 14.3 Å². The number of allylic oxidation sites excluding steroid dienone is 1. The number of esters is 1. The SMILES string of the molecule is C=C1CC2COC(=O)C2(Cc2ccc(OCCC(c3ccccc3)c3ccccc3)c(Br)c2)C1. The largest absolute Gasteiger partial charge is 0.492 e. The minimum atomic E-state index is -0.447. The molecule has 3 aromatic rings. The highest BCUT2D eigenvalue weighted by atomic mass is 79.9. The quantitative estimate of drug-likeness (QED) is 0.236. The third kappa shape index (κ3) is 4.56. The first-order valence-corrected chi connectivity index (χ1v) is 12.7. The molecule has 34 heavy (non-hydrogen) atoms. The van der Waals surface area contributed by atoms with Gasteiger partial charge in [0.2, 0.25) is 0 Å². The number of hydrogen-bond acceptors (Lipinski definition) is 3. The fourth-order valence-electron chi connectivity index (χ4n) is 5.58. The summed E-state index contributed by atoms with van der Waals surface area (Å²) in [6.07, 6.45) is 3.17. The van der Waals surface area contributed by atoms with Crippen LogP contribution in [0.5, 0.6) is 5.75 Å². The van der Waals surface area contributed by atoms with Gasteiger partial charge in [0.25, 0.3) is 0 Å². The van der Waals surface area contributed by atoms with Gasteiger partial charge in [0.1, 0.15) is 5.75 Å². The number of carbonyl (C=O) groups excluding carboxylic acids is 1. The van der Waals surface area contributed by atoms with Crippen molar-refractivity contribution in [1.29, 1.82) is 0 Å². The zero-order chi connectivity index (χ0) is 23.5. The second-order valence-corrected chi connectivity index (χ2v) is 10.4. The Morgan fingerprint density at radius 2 is 1.71 bits per heavy atom. The van der Waals surface area contributed by atoms with Crippen molar-refractivity contribution in [3.8, 4) is 5.75 Å². The number of cyclic esters (lactones) is 1. The number of carbonyl (C=O) groups is 1. The predicted octanol–water partition coefficient (Wildman–Crippen LogP) is 7.10. The van der Waals surface area contributed by atoms with Crippen LogP contribution in [0.3, 0.4) is 0 Å². The van der Waals surface area contributed by atoms with Crippen LogP contribution in [0.2, 0.25) is 0 Å². The van der Waals surface area contributed by atoms with Crippen LogP contribution in [0.25, 0.3) is 0 Å². The predicted molar refractivity (Wildman–Crippen MR) is 138 cm³/mol. The fourth-order valence-corrected chi connectivity index (χ4v) is 6.12. The molecule has 2 atom stereocenters. The Balaban J connectivity index is 1.26. The molecule has 0 N–H and O–H groups in total. The Labute approximate surface area is 209 Å². The van der Waals surface area contributed by atoms with Crippen molar-refractivity contribution in [3.05, 3.63) is 112 Å². The molecule has 2 aliphatic rings. The summed E-state index contributed by atoms with van der Waals surface area (Å²) in [5, 5.41) is 0. The molecule has 1 saturated carbocycles. The summed E-state index contributed by atoms with van der Waals surface area (Å²) in [7, 11) is 0. The van der Waals surface area contributed by atoms with Gasteiger partial charge in [-0.25, -0.2) is 0 Å². The van der Waals surface area contributed by atoms with Gasteiger partial charge in [-0.2, -0.15) is 0 Å². The van der Waals surface area contributed by atoms with Gasteiger partial charge in [-0.15, -0.1) is 0 Å². The molecule has 1 aliphatic heterocycles. The van der Waals surface area contributed by atoms with Crippen molar-refractivity contribution in [2.45, 2.75) is 31.6 Å². The number of hydrogen-bond donors (Lipinski definition) is 0. The lowest BCUT2D eigenvalue weighted by atomic mass is 9.75. The van der Waals surface area contributed by atoms with Crippen molar-refractivity contribution in [3.63, 3.8) is 0 Å². The van der Waals surface area contributed by atoms with E-state index in [9.17, 15) is 4.79 Å². The van der Waals surface area contributed by atoms with Crippen LogP contribution in [-0.2, 0) is 16.0 Å². The number of ether oxygens (including phenoxy) is 2. The molecule has 5 rings (SSSR count). The maximum Gasteiger partial charge on any atom is 0.313 e. The first kappa shape index (κ1) is 22.9. The molecule has 0 amide bonds. The van der Waals surface area contributed by atoms with Crippen molar-refractivity contribution in [1.82, 2.24) is 0 Å². The molecule has 0 aromatic heterocycles. The maximum absolute atomic E-state index is 12.6. The van der Waals surface area contributed by atoms with Crippen LogP contribution in [0.4, 0.5) is 0 Å². The van der Waals surface area contributed by atoms with Crippen LogP contribution in [0.15, 0.2) is 95.5 Å². The van der Waals surface area contributed by atoms with E-state index >= 15 is 0 Å². The van der Waals surface area contributed by atoms with Crippen molar-refractivity contribution >= 4 is 21.9 Å². The van der Waals surface area contributed by atoms with Gasteiger partial charge in [-0.3, -0.25) is 4.79 Å². The van der Waals surface area contributed by atoms with Crippen LogP contribution >= 0.6 is 15.9 Å². The zero-order valence-electron chi connectivity index (χ0n) is 19.2. The molecule has 2 unspecified atom stereocenters. The van der Waals surface area contributed by atoms with E-state index in [-0.39, 0.29) is 17.8 Å². The third-order valence-electron chi connectivity index (χ3n) is 7.29. The lowest BCUT2D eigenvalue weighted by Gasteiger charge is -2.24. The van der Waals surface area contributed by atoms with E-state index in [2.05, 4.69) is 95.3 Å². The van der Waals surface area contributed by atoms with Gasteiger partial charge < -0.3 is 9.47 Å². The summed E-state index contributed by atoms with van der Waals surface area (Å²) in [6.45, 7) is 5.26. The molecule has 2 fully saturated rings. The lowest BCUT2D eigenvalue weighted by molar-refractivity contribution is -0.146. The molecule has 3 aromatic carbocycles. The molecule has 4 heteroatoms. The molecule has 1 aliphatic carbocycles. The summed E-state index contributed by atoms with van der Waals surface area (Å²) >= 11 is 3.69. The fraction of sp³-hybridized carbons (Fsp3) is 0.300. The van der Waals surface area contributed by atoms with Crippen LogP contribution in [-0.4, -0.2) is 19.2 Å². The highest BCUT2D eigenvalue weighted by Crippen LogP contribution is 2.52. The summed E-state index contributed by atoms with van der Waals surface area (Å²) in [5.41, 5.74) is 4.41. The topological polar surface area (TPSA) is 35.5 Å². The molecule has 0 radical (unpaired) electrons. The van der Waals surface area contributed by atoms with E-state index in [1.807, 2.05) is 6.07 Å². The van der Waals surface area contributed by atoms with Crippen LogP contribution < -0.4 is 4.74 Å². The normalized spacial score (nSPS) is 21.5.